The number of unbranched alkanes of at least 4 members (excludes halogenated alkanes) is 2. The average Bonchev–Trinajstić information content (AvgIpc) is 2.31. The van der Waals surface area contributed by atoms with Crippen LogP contribution in [0.3, 0.4) is 0 Å². The average molecular weight is 275 g/mol. The van der Waals surface area contributed by atoms with Crippen LogP contribution in [-0.2, 0) is 14.9 Å². The Morgan fingerprint density at radius 1 is 1.39 bits per heavy atom. The van der Waals surface area contributed by atoms with Crippen molar-refractivity contribution in [3.05, 3.63) is 25.3 Å². The lowest BCUT2D eigenvalue weighted by Crippen LogP contribution is -2.53. The van der Waals surface area contributed by atoms with E-state index in [0.717, 1.165) is 12.8 Å². The molecule has 0 aromatic heterocycles. The summed E-state index contributed by atoms with van der Waals surface area (Å²) in [5.41, 5.74) is 0. The van der Waals surface area contributed by atoms with Crippen molar-refractivity contribution in [2.75, 3.05) is 0 Å². The molecule has 1 amide bonds. The Labute approximate surface area is 109 Å². The van der Waals surface area contributed by atoms with Crippen LogP contribution in [-0.4, -0.2) is 30.2 Å². The Hall–Kier alpha value is -1.14. The summed E-state index contributed by atoms with van der Waals surface area (Å²) in [7, 11) is -4.40. The van der Waals surface area contributed by atoms with Gasteiger partial charge in [-0.25, -0.2) is 0 Å². The van der Waals surface area contributed by atoms with E-state index in [1.165, 1.54) is 12.2 Å². The molecular weight excluding hydrogens is 254 g/mol. The molecule has 0 radical (unpaired) electrons. The predicted octanol–water partition coefficient (Wildman–Crippen LogP) is 1.68. The van der Waals surface area contributed by atoms with Gasteiger partial charge in [-0.3, -0.25) is 9.35 Å². The standard InChI is InChI=1S/C12H21NO4S/c1-4-7-8-9-12(6-3,18(15,16)17)11(5-2)13-10-14/h5-6,10-11H,2-4,7-9H2,1H3,(H,13,14)(H,15,16,17). The summed E-state index contributed by atoms with van der Waals surface area (Å²) in [5, 5.41) is 2.35. The summed E-state index contributed by atoms with van der Waals surface area (Å²) in [4.78, 5) is 10.5. The van der Waals surface area contributed by atoms with Gasteiger partial charge in [0.05, 0.1) is 6.04 Å². The van der Waals surface area contributed by atoms with Crippen LogP contribution in [0.15, 0.2) is 25.3 Å². The lowest BCUT2D eigenvalue weighted by molar-refractivity contribution is -0.110. The molecule has 0 rings (SSSR count). The molecule has 0 fully saturated rings. The van der Waals surface area contributed by atoms with Crippen LogP contribution in [0.25, 0.3) is 0 Å². The van der Waals surface area contributed by atoms with Crippen molar-refractivity contribution >= 4 is 16.5 Å². The van der Waals surface area contributed by atoms with Gasteiger partial charge in [0.2, 0.25) is 6.41 Å². The lowest BCUT2D eigenvalue weighted by atomic mass is 9.92. The normalized spacial score (nSPS) is 16.3. The Balaban J connectivity index is 5.41. The van der Waals surface area contributed by atoms with Gasteiger partial charge >= 0.3 is 0 Å². The molecule has 0 bridgehead atoms. The molecule has 104 valence electrons. The summed E-state index contributed by atoms with van der Waals surface area (Å²) in [6.07, 6.45) is 5.37. The molecular formula is C12H21NO4S. The van der Waals surface area contributed by atoms with E-state index in [9.17, 15) is 17.8 Å². The monoisotopic (exact) mass is 275 g/mol. The summed E-state index contributed by atoms with van der Waals surface area (Å²) in [6, 6.07) is -0.903. The molecule has 18 heavy (non-hydrogen) atoms. The summed E-state index contributed by atoms with van der Waals surface area (Å²) in [5.74, 6) is 0. The third-order valence-electron chi connectivity index (χ3n) is 3.01. The highest BCUT2D eigenvalue weighted by atomic mass is 32.2. The molecule has 2 atom stereocenters. The van der Waals surface area contributed by atoms with Gasteiger partial charge in [0.1, 0.15) is 4.75 Å². The van der Waals surface area contributed by atoms with Crippen molar-refractivity contribution in [1.82, 2.24) is 5.32 Å². The SMILES string of the molecule is C=CC(NC=O)C(C=C)(CCCCC)S(=O)(=O)O. The first-order valence-electron chi connectivity index (χ1n) is 5.82. The topological polar surface area (TPSA) is 83.5 Å². The van der Waals surface area contributed by atoms with Crippen molar-refractivity contribution in [2.24, 2.45) is 0 Å². The van der Waals surface area contributed by atoms with E-state index in [4.69, 9.17) is 0 Å². The fourth-order valence-electron chi connectivity index (χ4n) is 1.91. The molecule has 0 aromatic rings. The highest BCUT2D eigenvalue weighted by molar-refractivity contribution is 7.87. The molecule has 0 aliphatic carbocycles. The van der Waals surface area contributed by atoms with E-state index in [-0.39, 0.29) is 6.42 Å². The fraction of sp³-hybridized carbons (Fsp3) is 0.583. The van der Waals surface area contributed by atoms with E-state index < -0.39 is 20.9 Å². The largest absolute Gasteiger partial charge is 0.350 e. The van der Waals surface area contributed by atoms with E-state index in [2.05, 4.69) is 18.5 Å². The first-order chi connectivity index (χ1) is 8.39. The van der Waals surface area contributed by atoms with Crippen molar-refractivity contribution in [3.8, 4) is 0 Å². The second-order valence-electron chi connectivity index (χ2n) is 4.09. The van der Waals surface area contributed by atoms with E-state index in [1.807, 2.05) is 6.92 Å². The summed E-state index contributed by atoms with van der Waals surface area (Å²) >= 11 is 0. The minimum Gasteiger partial charge on any atom is -0.350 e. The summed E-state index contributed by atoms with van der Waals surface area (Å²) < 4.78 is 31.1. The van der Waals surface area contributed by atoms with Gasteiger partial charge in [0.15, 0.2) is 0 Å². The van der Waals surface area contributed by atoms with Crippen LogP contribution in [0.5, 0.6) is 0 Å². The highest BCUT2D eigenvalue weighted by Crippen LogP contribution is 2.30. The number of nitrogens with one attached hydrogen (secondary N) is 1. The number of carbonyl (C=O) groups excluding carboxylic acids is 1. The quantitative estimate of drug-likeness (QED) is 0.275. The van der Waals surface area contributed by atoms with Crippen LogP contribution in [0.2, 0.25) is 0 Å². The minimum atomic E-state index is -4.40. The summed E-state index contributed by atoms with van der Waals surface area (Å²) in [6.45, 7) is 8.96. The molecule has 0 saturated heterocycles. The molecule has 6 heteroatoms. The van der Waals surface area contributed by atoms with E-state index >= 15 is 0 Å². The van der Waals surface area contributed by atoms with E-state index in [1.54, 1.807) is 0 Å². The minimum absolute atomic E-state index is 0.181. The van der Waals surface area contributed by atoms with Crippen molar-refractivity contribution in [1.29, 1.82) is 0 Å². The molecule has 0 aliphatic rings. The van der Waals surface area contributed by atoms with Crippen LogP contribution >= 0.6 is 0 Å². The molecule has 2 unspecified atom stereocenters. The van der Waals surface area contributed by atoms with Gasteiger partial charge in [-0.05, 0) is 6.42 Å². The maximum atomic E-state index is 11.6. The fourth-order valence-corrected chi connectivity index (χ4v) is 3.01. The maximum Gasteiger partial charge on any atom is 0.276 e. The zero-order chi connectivity index (χ0) is 14.2. The Bertz CT molecular complexity index is 391. The lowest BCUT2D eigenvalue weighted by Gasteiger charge is -2.33. The van der Waals surface area contributed by atoms with Gasteiger partial charge < -0.3 is 5.32 Å². The predicted molar refractivity (Wildman–Crippen MR) is 71.8 cm³/mol. The van der Waals surface area contributed by atoms with Gasteiger partial charge in [-0.15, -0.1) is 13.2 Å². The molecule has 0 aliphatic heterocycles. The molecule has 0 aromatic carbocycles. The van der Waals surface area contributed by atoms with Crippen LogP contribution in [0.1, 0.15) is 32.6 Å². The van der Waals surface area contributed by atoms with Gasteiger partial charge in [-0.1, -0.05) is 38.3 Å². The molecule has 0 spiro atoms. The van der Waals surface area contributed by atoms with Gasteiger partial charge in [0.25, 0.3) is 10.1 Å². The Kier molecular flexibility index (Phi) is 6.86. The number of hydrogen-bond donors (Lipinski definition) is 2. The maximum absolute atomic E-state index is 11.6. The zero-order valence-electron chi connectivity index (χ0n) is 10.6. The van der Waals surface area contributed by atoms with Crippen LogP contribution < -0.4 is 5.32 Å². The first kappa shape index (κ1) is 16.9. The van der Waals surface area contributed by atoms with Crippen molar-refractivity contribution in [2.45, 2.75) is 43.4 Å². The second-order valence-corrected chi connectivity index (χ2v) is 5.80. The molecule has 5 nitrogen and oxygen atoms in total. The van der Waals surface area contributed by atoms with Crippen LogP contribution in [0.4, 0.5) is 0 Å². The third-order valence-corrected chi connectivity index (χ3v) is 4.59. The van der Waals surface area contributed by atoms with Gasteiger partial charge in [-0.2, -0.15) is 8.42 Å². The number of hydrogen-bond acceptors (Lipinski definition) is 3. The number of rotatable bonds is 10. The van der Waals surface area contributed by atoms with Crippen molar-refractivity contribution in [3.63, 3.8) is 0 Å². The smallest absolute Gasteiger partial charge is 0.276 e. The van der Waals surface area contributed by atoms with Crippen LogP contribution in [0, 0.1) is 0 Å². The Morgan fingerprint density at radius 3 is 2.33 bits per heavy atom. The first-order valence-corrected chi connectivity index (χ1v) is 7.26. The third kappa shape index (κ3) is 3.68. The molecule has 2 N–H and O–H groups in total. The van der Waals surface area contributed by atoms with Gasteiger partial charge in [0, 0.05) is 0 Å². The zero-order valence-corrected chi connectivity index (χ0v) is 11.4. The molecule has 0 heterocycles. The van der Waals surface area contributed by atoms with Crippen molar-refractivity contribution < 1.29 is 17.8 Å². The Morgan fingerprint density at radius 2 is 2.00 bits per heavy atom. The van der Waals surface area contributed by atoms with E-state index in [0.29, 0.717) is 12.8 Å². The number of carbonyl (C=O) groups is 1. The molecule has 0 saturated carbocycles. The second kappa shape index (κ2) is 7.33. The number of amides is 1. The highest BCUT2D eigenvalue weighted by Gasteiger charge is 2.45.